The molecule has 0 saturated carbocycles. The fourth-order valence-corrected chi connectivity index (χ4v) is 4.66. The van der Waals surface area contributed by atoms with E-state index in [0.717, 1.165) is 27.9 Å². The molecule has 2 aromatic carbocycles. The molecule has 0 amide bonds. The summed E-state index contributed by atoms with van der Waals surface area (Å²) < 4.78 is 57.9. The molecular weight excluding hydrogens is 547 g/mol. The molecule has 166 valence electrons. The summed E-state index contributed by atoms with van der Waals surface area (Å²) in [6.45, 7) is 0. The predicted octanol–water partition coefficient (Wildman–Crippen LogP) is 6.61. The quantitative estimate of drug-likeness (QED) is 0.119. The van der Waals surface area contributed by atoms with Crippen LogP contribution in [0.15, 0.2) is 55.1 Å². The Balaban J connectivity index is 0.000000139. The van der Waals surface area contributed by atoms with Gasteiger partial charge in [0.1, 0.15) is 17.5 Å². The van der Waals surface area contributed by atoms with Gasteiger partial charge in [0.2, 0.25) is 0 Å². The normalized spacial score (nSPS) is 11.5. The van der Waals surface area contributed by atoms with Gasteiger partial charge in [-0.05, 0) is 46.9 Å². The lowest BCUT2D eigenvalue weighted by atomic mass is 10.2. The van der Waals surface area contributed by atoms with Gasteiger partial charge in [-0.3, -0.25) is 9.97 Å². The minimum Gasteiger partial charge on any atom is -0.341 e. The van der Waals surface area contributed by atoms with Crippen molar-refractivity contribution in [1.82, 2.24) is 19.1 Å². The minimum absolute atomic E-state index is 0.0222. The molecule has 0 aliphatic rings. The average Bonchev–Trinajstić information content (AvgIpc) is 3.25. The molecule has 9 heteroatoms. The Morgan fingerprint density at radius 2 is 1.24 bits per heavy atom. The fraction of sp³-hybridized carbons (Fsp3) is 0.0833. The molecule has 4 heterocycles. The molecule has 6 aromatic rings. The Labute approximate surface area is 198 Å². The van der Waals surface area contributed by atoms with E-state index in [1.165, 1.54) is 12.1 Å². The van der Waals surface area contributed by atoms with Crippen molar-refractivity contribution in [2.24, 2.45) is 14.1 Å². The Morgan fingerprint density at radius 1 is 0.697 bits per heavy atom. The zero-order valence-electron chi connectivity index (χ0n) is 17.4. The summed E-state index contributed by atoms with van der Waals surface area (Å²) in [7, 11) is 3.52. The molecule has 0 radical (unpaired) electrons. The third-order valence-electron chi connectivity index (χ3n) is 5.73. The molecule has 0 aliphatic heterocycles. The van der Waals surface area contributed by atoms with E-state index in [4.69, 9.17) is 0 Å². The molecule has 0 spiro atoms. The molecule has 0 atom stereocenters. The maximum atomic E-state index is 14.1. The lowest BCUT2D eigenvalue weighted by Gasteiger charge is -2.02. The van der Waals surface area contributed by atoms with Crippen LogP contribution in [-0.2, 0) is 14.1 Å². The summed E-state index contributed by atoms with van der Waals surface area (Å²) in [5.74, 6) is -2.17. The van der Waals surface area contributed by atoms with Crippen molar-refractivity contribution >= 4 is 66.2 Å². The molecule has 0 N–H and O–H groups in total. The topological polar surface area (TPSA) is 35.6 Å². The Hall–Kier alpha value is -3.21. The molecule has 0 aliphatic carbocycles. The lowest BCUT2D eigenvalue weighted by Crippen LogP contribution is -1.94. The van der Waals surface area contributed by atoms with Crippen LogP contribution in [0.1, 0.15) is 0 Å². The zero-order valence-corrected chi connectivity index (χ0v) is 19.5. The van der Waals surface area contributed by atoms with E-state index in [-0.39, 0.29) is 3.57 Å². The summed E-state index contributed by atoms with van der Waals surface area (Å²) in [6.07, 6.45) is 6.52. The highest BCUT2D eigenvalue weighted by atomic mass is 127. The van der Waals surface area contributed by atoms with E-state index in [1.807, 2.05) is 0 Å². The number of hydrogen-bond donors (Lipinski definition) is 0. The maximum Gasteiger partial charge on any atom is 0.163 e. The van der Waals surface area contributed by atoms with Gasteiger partial charge in [0.15, 0.2) is 5.82 Å². The molecule has 6 rings (SSSR count). The van der Waals surface area contributed by atoms with Crippen LogP contribution in [0.25, 0.3) is 43.6 Å². The summed E-state index contributed by atoms with van der Waals surface area (Å²) in [5, 5.41) is 2.65. The number of benzene rings is 2. The van der Waals surface area contributed by atoms with Gasteiger partial charge in [0.05, 0.1) is 25.6 Å². The molecular formula is C24H15F4IN4. The van der Waals surface area contributed by atoms with Gasteiger partial charge in [-0.2, -0.15) is 0 Å². The van der Waals surface area contributed by atoms with Crippen molar-refractivity contribution < 1.29 is 17.6 Å². The van der Waals surface area contributed by atoms with Gasteiger partial charge in [-0.1, -0.05) is 0 Å². The van der Waals surface area contributed by atoms with Crippen LogP contribution in [0.2, 0.25) is 0 Å². The van der Waals surface area contributed by atoms with Crippen molar-refractivity contribution in [3.05, 3.63) is 82.0 Å². The summed E-state index contributed by atoms with van der Waals surface area (Å²) in [6, 6.07) is 7.17. The van der Waals surface area contributed by atoms with Crippen LogP contribution in [0.5, 0.6) is 0 Å². The Kier molecular flexibility index (Phi) is 5.23. The molecule has 0 unspecified atom stereocenters. The molecule has 4 nitrogen and oxygen atoms in total. The van der Waals surface area contributed by atoms with Crippen molar-refractivity contribution in [3.63, 3.8) is 0 Å². The summed E-state index contributed by atoms with van der Waals surface area (Å²) in [4.78, 5) is 7.98. The van der Waals surface area contributed by atoms with Crippen LogP contribution in [-0.4, -0.2) is 19.1 Å². The second-order valence-electron chi connectivity index (χ2n) is 7.57. The third kappa shape index (κ3) is 3.33. The van der Waals surface area contributed by atoms with E-state index in [0.29, 0.717) is 21.8 Å². The number of pyridine rings is 2. The molecule has 33 heavy (non-hydrogen) atoms. The number of aromatic nitrogens is 4. The number of fused-ring (bicyclic) bond motifs is 6. The van der Waals surface area contributed by atoms with Crippen molar-refractivity contribution in [2.75, 3.05) is 0 Å². The molecule has 0 fully saturated rings. The molecule has 0 saturated heterocycles. The first-order valence-electron chi connectivity index (χ1n) is 9.82. The molecule has 0 bridgehead atoms. The van der Waals surface area contributed by atoms with Gasteiger partial charge in [0, 0.05) is 66.5 Å². The fourth-order valence-electron chi connectivity index (χ4n) is 4.25. The number of nitrogens with zero attached hydrogens (tertiary/aromatic N) is 4. The van der Waals surface area contributed by atoms with Crippen LogP contribution in [0.4, 0.5) is 17.6 Å². The van der Waals surface area contributed by atoms with Crippen LogP contribution >= 0.6 is 22.6 Å². The van der Waals surface area contributed by atoms with Gasteiger partial charge in [-0.25, -0.2) is 17.6 Å². The van der Waals surface area contributed by atoms with Gasteiger partial charge in [0.25, 0.3) is 0 Å². The predicted molar refractivity (Wildman–Crippen MR) is 129 cm³/mol. The summed E-state index contributed by atoms with van der Waals surface area (Å²) in [5.41, 5.74) is 2.51. The smallest absolute Gasteiger partial charge is 0.163 e. The third-order valence-corrected chi connectivity index (χ3v) is 6.72. The average molecular weight is 562 g/mol. The highest BCUT2D eigenvalue weighted by Gasteiger charge is 2.18. The van der Waals surface area contributed by atoms with Crippen LogP contribution < -0.4 is 0 Å². The minimum atomic E-state index is -0.568. The number of halogens is 5. The SMILES string of the molecule is Cn1c2ccncc2c2cc(F)c(I)c(F)c21.Cn1c2ccncc2c2cc(F)cc(F)c21. The maximum absolute atomic E-state index is 14.1. The van der Waals surface area contributed by atoms with E-state index in [2.05, 4.69) is 9.97 Å². The first kappa shape index (κ1) is 21.6. The van der Waals surface area contributed by atoms with Gasteiger partial charge < -0.3 is 9.13 Å². The highest BCUT2D eigenvalue weighted by molar-refractivity contribution is 14.1. The van der Waals surface area contributed by atoms with Crippen molar-refractivity contribution in [2.45, 2.75) is 0 Å². The van der Waals surface area contributed by atoms with Crippen LogP contribution in [0, 0.1) is 26.8 Å². The number of aryl methyl sites for hydroxylation is 2. The van der Waals surface area contributed by atoms with Crippen molar-refractivity contribution in [1.29, 1.82) is 0 Å². The summed E-state index contributed by atoms with van der Waals surface area (Å²) >= 11 is 1.68. The number of hydrogen-bond acceptors (Lipinski definition) is 2. The lowest BCUT2D eigenvalue weighted by molar-refractivity contribution is 0.576. The van der Waals surface area contributed by atoms with Gasteiger partial charge >= 0.3 is 0 Å². The zero-order chi connectivity index (χ0) is 23.4. The Bertz CT molecular complexity index is 1700. The first-order chi connectivity index (χ1) is 15.8. The largest absolute Gasteiger partial charge is 0.341 e. The Morgan fingerprint density at radius 3 is 1.85 bits per heavy atom. The monoisotopic (exact) mass is 562 g/mol. The van der Waals surface area contributed by atoms with Crippen LogP contribution in [0.3, 0.4) is 0 Å². The molecule has 4 aromatic heterocycles. The second-order valence-corrected chi connectivity index (χ2v) is 8.65. The highest BCUT2D eigenvalue weighted by Crippen LogP contribution is 2.32. The van der Waals surface area contributed by atoms with E-state index >= 15 is 0 Å². The van der Waals surface area contributed by atoms with Crippen molar-refractivity contribution in [3.8, 4) is 0 Å². The first-order valence-corrected chi connectivity index (χ1v) is 10.9. The van der Waals surface area contributed by atoms with E-state index in [1.54, 1.807) is 82.7 Å². The number of rotatable bonds is 0. The second kappa shape index (κ2) is 7.98. The standard InChI is InChI=1S/C12H7F2IN2.C12H8F2N2/c1-17-9-2-3-16-5-7(9)6-4-8(13)11(15)10(14)12(6)17;1-16-11-2-3-15-6-9(11)8-4-7(13)5-10(14)12(8)16/h2-5H,1H3;2-6H,1H3. The van der Waals surface area contributed by atoms with Gasteiger partial charge in [-0.15, -0.1) is 0 Å². The van der Waals surface area contributed by atoms with E-state index in [9.17, 15) is 17.6 Å². The van der Waals surface area contributed by atoms with E-state index < -0.39 is 23.3 Å².